The topological polar surface area (TPSA) is 26.3 Å². The molecule has 2 nitrogen and oxygen atoms in total. The van der Waals surface area contributed by atoms with E-state index in [1.165, 1.54) is 25.3 Å². The van der Waals surface area contributed by atoms with Crippen molar-refractivity contribution in [1.82, 2.24) is 0 Å². The molecule has 15 heavy (non-hydrogen) atoms. The van der Waals surface area contributed by atoms with Crippen molar-refractivity contribution in [3.05, 3.63) is 47.7 Å². The molecule has 0 fully saturated rings. The lowest BCUT2D eigenvalue weighted by atomic mass is 9.92. The van der Waals surface area contributed by atoms with Crippen LogP contribution in [0.2, 0.25) is 0 Å². The minimum Gasteiger partial charge on any atom is -0.482 e. The first-order chi connectivity index (χ1) is 7.04. The van der Waals surface area contributed by atoms with Gasteiger partial charge in [0.05, 0.1) is 6.26 Å². The van der Waals surface area contributed by atoms with Gasteiger partial charge in [-0.05, 0) is 19.1 Å². The van der Waals surface area contributed by atoms with Crippen molar-refractivity contribution in [2.75, 3.05) is 0 Å². The van der Waals surface area contributed by atoms with Crippen molar-refractivity contribution >= 4 is 5.78 Å². The Balaban J connectivity index is 2.50. The number of carbonyl (C=O) groups is 1. The third-order valence-electron chi connectivity index (χ3n) is 2.44. The summed E-state index contributed by atoms with van der Waals surface area (Å²) in [5.41, 5.74) is -1.32. The number of ketones is 1. The number of hydrogen-bond donors (Lipinski definition) is 0. The van der Waals surface area contributed by atoms with Gasteiger partial charge in [0.25, 0.3) is 0 Å². The van der Waals surface area contributed by atoms with Gasteiger partial charge in [-0.25, -0.2) is 8.78 Å². The average Bonchev–Trinajstić information content (AvgIpc) is 2.47. The van der Waals surface area contributed by atoms with Gasteiger partial charge in [-0.2, -0.15) is 0 Å². The molecular formula is C11H8F2O2. The van der Waals surface area contributed by atoms with Gasteiger partial charge in [-0.1, -0.05) is 0 Å². The second-order valence-electron chi connectivity index (χ2n) is 3.44. The summed E-state index contributed by atoms with van der Waals surface area (Å²) in [6.45, 7) is 1.45. The first-order valence-corrected chi connectivity index (χ1v) is 4.38. The predicted octanol–water partition coefficient (Wildman–Crippen LogP) is 2.29. The zero-order chi connectivity index (χ0) is 11.1. The highest BCUT2D eigenvalue weighted by atomic mass is 19.1. The lowest BCUT2D eigenvalue weighted by Crippen LogP contribution is -2.30. The van der Waals surface area contributed by atoms with Crippen LogP contribution in [0.15, 0.2) is 30.5 Å². The molecule has 4 heteroatoms. The van der Waals surface area contributed by atoms with Gasteiger partial charge in [-0.15, -0.1) is 0 Å². The predicted molar refractivity (Wildman–Crippen MR) is 48.9 cm³/mol. The van der Waals surface area contributed by atoms with Crippen LogP contribution in [-0.2, 0) is 15.1 Å². The molecular weight excluding hydrogens is 202 g/mol. The standard InChI is InChI=1S/C11H8F2O2/c1-11(10(14)4-5-15-11)8-3-2-7(12)6-9(8)13/h2-6H,1H3. The normalized spacial score (nSPS) is 24.3. The van der Waals surface area contributed by atoms with Crippen LogP contribution in [0.4, 0.5) is 8.78 Å². The lowest BCUT2D eigenvalue weighted by Gasteiger charge is -2.22. The summed E-state index contributed by atoms with van der Waals surface area (Å²) in [4.78, 5) is 11.5. The van der Waals surface area contributed by atoms with Crippen molar-refractivity contribution in [3.63, 3.8) is 0 Å². The summed E-state index contributed by atoms with van der Waals surface area (Å²) in [5, 5.41) is 0. The van der Waals surface area contributed by atoms with Gasteiger partial charge in [-0.3, -0.25) is 4.79 Å². The summed E-state index contributed by atoms with van der Waals surface area (Å²) < 4.78 is 31.2. The molecule has 1 unspecified atom stereocenters. The van der Waals surface area contributed by atoms with E-state index in [0.29, 0.717) is 0 Å². The molecule has 1 aliphatic rings. The van der Waals surface area contributed by atoms with Crippen molar-refractivity contribution in [1.29, 1.82) is 0 Å². The Labute approximate surface area is 85.2 Å². The smallest absolute Gasteiger partial charge is 0.206 e. The summed E-state index contributed by atoms with van der Waals surface area (Å²) in [7, 11) is 0. The van der Waals surface area contributed by atoms with Crippen molar-refractivity contribution in [2.24, 2.45) is 0 Å². The number of benzene rings is 1. The van der Waals surface area contributed by atoms with E-state index < -0.39 is 17.2 Å². The van der Waals surface area contributed by atoms with Crippen molar-refractivity contribution in [3.8, 4) is 0 Å². The van der Waals surface area contributed by atoms with Crippen LogP contribution in [-0.4, -0.2) is 5.78 Å². The van der Waals surface area contributed by atoms with Crippen LogP contribution >= 0.6 is 0 Å². The molecule has 2 rings (SSSR count). The number of halogens is 2. The maximum atomic E-state index is 13.4. The molecule has 1 aromatic carbocycles. The molecule has 1 heterocycles. The van der Waals surface area contributed by atoms with Crippen LogP contribution in [0, 0.1) is 11.6 Å². The van der Waals surface area contributed by atoms with Crippen LogP contribution in [0.25, 0.3) is 0 Å². The van der Waals surface area contributed by atoms with Crippen LogP contribution in [0.5, 0.6) is 0 Å². The molecule has 78 valence electrons. The minimum atomic E-state index is -1.36. The Morgan fingerprint density at radius 2 is 2.07 bits per heavy atom. The highest BCUT2D eigenvalue weighted by Gasteiger charge is 2.40. The molecule has 0 amide bonds. The van der Waals surface area contributed by atoms with E-state index in [1.807, 2.05) is 0 Å². The highest BCUT2D eigenvalue weighted by molar-refractivity contribution is 5.99. The SMILES string of the molecule is CC1(c2ccc(F)cc2F)OC=CC1=O. The van der Waals surface area contributed by atoms with E-state index in [0.717, 1.165) is 12.1 Å². The van der Waals surface area contributed by atoms with Gasteiger partial charge in [0.2, 0.25) is 5.78 Å². The molecule has 0 N–H and O–H groups in total. The second-order valence-corrected chi connectivity index (χ2v) is 3.44. The average molecular weight is 210 g/mol. The molecule has 1 aromatic rings. The van der Waals surface area contributed by atoms with Gasteiger partial charge in [0.15, 0.2) is 5.60 Å². The fourth-order valence-electron chi connectivity index (χ4n) is 1.52. The molecule has 0 aliphatic carbocycles. The van der Waals surface area contributed by atoms with Crippen molar-refractivity contribution in [2.45, 2.75) is 12.5 Å². The summed E-state index contributed by atoms with van der Waals surface area (Å²) in [5.74, 6) is -1.82. The second kappa shape index (κ2) is 3.15. The molecule has 0 saturated heterocycles. The van der Waals surface area contributed by atoms with Crippen LogP contribution in [0.3, 0.4) is 0 Å². The third-order valence-corrected chi connectivity index (χ3v) is 2.44. The summed E-state index contributed by atoms with van der Waals surface area (Å²) >= 11 is 0. The molecule has 1 atom stereocenters. The maximum absolute atomic E-state index is 13.4. The number of carbonyl (C=O) groups excluding carboxylic acids is 1. The molecule has 0 radical (unpaired) electrons. The van der Waals surface area contributed by atoms with Gasteiger partial charge >= 0.3 is 0 Å². The van der Waals surface area contributed by atoms with Crippen molar-refractivity contribution < 1.29 is 18.3 Å². The van der Waals surface area contributed by atoms with E-state index in [9.17, 15) is 13.6 Å². The minimum absolute atomic E-state index is 0.0406. The lowest BCUT2D eigenvalue weighted by molar-refractivity contribution is -0.128. The van der Waals surface area contributed by atoms with Gasteiger partial charge in [0, 0.05) is 17.7 Å². The Morgan fingerprint density at radius 1 is 1.33 bits per heavy atom. The monoisotopic (exact) mass is 210 g/mol. The first kappa shape index (κ1) is 9.83. The van der Waals surface area contributed by atoms with Crippen LogP contribution in [0.1, 0.15) is 12.5 Å². The fraction of sp³-hybridized carbons (Fsp3) is 0.182. The third kappa shape index (κ3) is 1.42. The Hall–Kier alpha value is -1.71. The largest absolute Gasteiger partial charge is 0.482 e. The zero-order valence-electron chi connectivity index (χ0n) is 7.96. The number of hydrogen-bond acceptors (Lipinski definition) is 2. The number of rotatable bonds is 1. The van der Waals surface area contributed by atoms with E-state index in [-0.39, 0.29) is 11.3 Å². The molecule has 0 spiro atoms. The summed E-state index contributed by atoms with van der Waals surface area (Å²) in [6.07, 6.45) is 2.44. The molecule has 0 saturated carbocycles. The summed E-state index contributed by atoms with van der Waals surface area (Å²) in [6, 6.07) is 3.05. The molecule has 0 aromatic heterocycles. The molecule has 0 bridgehead atoms. The van der Waals surface area contributed by atoms with E-state index in [2.05, 4.69) is 0 Å². The van der Waals surface area contributed by atoms with E-state index in [1.54, 1.807) is 0 Å². The van der Waals surface area contributed by atoms with Crippen LogP contribution < -0.4 is 0 Å². The highest BCUT2D eigenvalue weighted by Crippen LogP contribution is 2.33. The maximum Gasteiger partial charge on any atom is 0.206 e. The fourth-order valence-corrected chi connectivity index (χ4v) is 1.52. The quantitative estimate of drug-likeness (QED) is 0.710. The number of ether oxygens (including phenoxy) is 1. The Bertz CT molecular complexity index is 454. The van der Waals surface area contributed by atoms with Gasteiger partial charge < -0.3 is 4.74 Å². The Morgan fingerprint density at radius 3 is 2.60 bits per heavy atom. The van der Waals surface area contributed by atoms with E-state index in [4.69, 9.17) is 4.74 Å². The zero-order valence-corrected chi connectivity index (χ0v) is 7.96. The van der Waals surface area contributed by atoms with E-state index >= 15 is 0 Å². The first-order valence-electron chi connectivity index (χ1n) is 4.38. The Kier molecular flexibility index (Phi) is 2.07. The molecule has 1 aliphatic heterocycles. The van der Waals surface area contributed by atoms with Gasteiger partial charge in [0.1, 0.15) is 11.6 Å².